The second-order valence-corrected chi connectivity index (χ2v) is 7.91. The molecule has 0 aromatic carbocycles. The fourth-order valence-electron chi connectivity index (χ4n) is 4.09. The van der Waals surface area contributed by atoms with E-state index in [2.05, 4.69) is 40.1 Å². The van der Waals surface area contributed by atoms with Gasteiger partial charge in [-0.15, -0.1) is 10.2 Å². The number of hydrogen-bond acceptors (Lipinski definition) is 5. The maximum atomic E-state index is 11.8. The minimum absolute atomic E-state index is 0.342. The van der Waals surface area contributed by atoms with Crippen molar-refractivity contribution in [2.45, 2.75) is 51.9 Å². The van der Waals surface area contributed by atoms with Crippen molar-refractivity contribution in [1.29, 1.82) is 0 Å². The van der Waals surface area contributed by atoms with Crippen molar-refractivity contribution in [3.63, 3.8) is 0 Å². The molecule has 7 nitrogen and oxygen atoms in total. The van der Waals surface area contributed by atoms with Crippen molar-refractivity contribution in [2.24, 2.45) is 5.92 Å². The number of likely N-dealkylation sites (tertiary alicyclic amines) is 1. The fourth-order valence-corrected chi connectivity index (χ4v) is 4.09. The lowest BCUT2D eigenvalue weighted by Gasteiger charge is -2.34. The Morgan fingerprint density at radius 2 is 2.04 bits per heavy atom. The molecule has 0 aliphatic carbocycles. The van der Waals surface area contributed by atoms with Crippen LogP contribution in [0, 0.1) is 5.92 Å². The van der Waals surface area contributed by atoms with Gasteiger partial charge in [-0.25, -0.2) is 0 Å². The van der Waals surface area contributed by atoms with Crippen molar-refractivity contribution in [2.75, 3.05) is 31.1 Å². The zero-order valence-corrected chi connectivity index (χ0v) is 15.8. The molecule has 7 heteroatoms. The zero-order valence-electron chi connectivity index (χ0n) is 15.8. The van der Waals surface area contributed by atoms with E-state index >= 15 is 0 Å². The molecule has 0 atom stereocenters. The highest BCUT2D eigenvalue weighted by atomic mass is 16.2. The number of carbonyl (C=O) groups excluding carboxylic acids is 1. The lowest BCUT2D eigenvalue weighted by Crippen LogP contribution is -2.36. The van der Waals surface area contributed by atoms with Crippen LogP contribution in [0.1, 0.15) is 57.6 Å². The summed E-state index contributed by atoms with van der Waals surface area (Å²) in [6.07, 6.45) is 6.93. The summed E-state index contributed by atoms with van der Waals surface area (Å²) in [6, 6.07) is 2.18. The van der Waals surface area contributed by atoms with Gasteiger partial charge in [0.05, 0.1) is 11.4 Å². The van der Waals surface area contributed by atoms with Gasteiger partial charge in [-0.1, -0.05) is 13.8 Å². The first-order valence-electron chi connectivity index (χ1n) is 9.85. The second kappa shape index (κ2) is 7.21. The maximum Gasteiger partial charge on any atom is 0.222 e. The molecule has 0 radical (unpaired) electrons. The van der Waals surface area contributed by atoms with Crippen molar-refractivity contribution in [3.05, 3.63) is 18.1 Å². The number of aromatic nitrogens is 4. The summed E-state index contributed by atoms with van der Waals surface area (Å²) in [6.45, 7) is 8.27. The Balaban J connectivity index is 1.41. The average molecular weight is 356 g/mol. The predicted molar refractivity (Wildman–Crippen MR) is 100 cm³/mol. The summed E-state index contributed by atoms with van der Waals surface area (Å²) in [4.78, 5) is 16.2. The molecule has 2 aromatic rings. The molecule has 26 heavy (non-hydrogen) atoms. The normalized spacial score (nSPS) is 19.3. The van der Waals surface area contributed by atoms with Gasteiger partial charge in [0.1, 0.15) is 6.33 Å². The molecule has 0 unspecified atom stereocenters. The van der Waals surface area contributed by atoms with Gasteiger partial charge in [-0.05, 0) is 43.6 Å². The molecule has 1 amide bonds. The third kappa shape index (κ3) is 3.39. The number of carbonyl (C=O) groups is 1. The number of amides is 1. The number of nitrogens with zero attached hydrogens (tertiary/aromatic N) is 6. The van der Waals surface area contributed by atoms with Gasteiger partial charge in [0.25, 0.3) is 0 Å². The molecule has 0 saturated carbocycles. The molecule has 2 aromatic heterocycles. The average Bonchev–Trinajstić information content (AvgIpc) is 3.28. The van der Waals surface area contributed by atoms with Gasteiger partial charge < -0.3 is 9.80 Å². The molecule has 0 bridgehead atoms. The Bertz CT molecular complexity index is 777. The standard InChI is InChI=1S/C19H28N6O/c1-14(2)16-12-17(19-21-20-13-25(19)22-16)23-9-5-15(6-10-23)7-11-24-8-3-4-18(24)26/h12-15H,3-11H2,1-2H3. The summed E-state index contributed by atoms with van der Waals surface area (Å²) in [5.74, 6) is 1.42. The first-order valence-corrected chi connectivity index (χ1v) is 9.85. The fraction of sp³-hybridized carbons (Fsp3) is 0.684. The quantitative estimate of drug-likeness (QED) is 0.823. The third-order valence-electron chi connectivity index (χ3n) is 5.79. The van der Waals surface area contributed by atoms with Crippen LogP contribution >= 0.6 is 0 Å². The van der Waals surface area contributed by atoms with Crippen LogP contribution in [0.4, 0.5) is 5.69 Å². The molecule has 2 aliphatic rings. The van der Waals surface area contributed by atoms with E-state index in [0.717, 1.165) is 62.5 Å². The Morgan fingerprint density at radius 3 is 2.73 bits per heavy atom. The van der Waals surface area contributed by atoms with Gasteiger partial charge in [-0.3, -0.25) is 4.79 Å². The number of fused-ring (bicyclic) bond motifs is 1. The molecule has 0 N–H and O–H groups in total. The van der Waals surface area contributed by atoms with Crippen molar-refractivity contribution in [3.8, 4) is 0 Å². The van der Waals surface area contributed by atoms with E-state index in [9.17, 15) is 4.79 Å². The van der Waals surface area contributed by atoms with E-state index in [1.54, 1.807) is 10.8 Å². The third-order valence-corrected chi connectivity index (χ3v) is 5.79. The summed E-state index contributed by atoms with van der Waals surface area (Å²) in [5.41, 5.74) is 3.06. The van der Waals surface area contributed by atoms with Crippen molar-refractivity contribution in [1.82, 2.24) is 24.7 Å². The maximum absolute atomic E-state index is 11.8. The van der Waals surface area contributed by atoms with Gasteiger partial charge >= 0.3 is 0 Å². The molecule has 4 heterocycles. The summed E-state index contributed by atoms with van der Waals surface area (Å²) in [5, 5.41) is 12.9. The molecular weight excluding hydrogens is 328 g/mol. The van der Waals surface area contributed by atoms with Crippen LogP contribution in [0.25, 0.3) is 5.65 Å². The van der Waals surface area contributed by atoms with E-state index in [4.69, 9.17) is 0 Å². The van der Waals surface area contributed by atoms with E-state index in [1.807, 2.05) is 4.90 Å². The van der Waals surface area contributed by atoms with Crippen LogP contribution < -0.4 is 4.90 Å². The molecule has 2 saturated heterocycles. The first-order chi connectivity index (χ1) is 12.6. The smallest absolute Gasteiger partial charge is 0.222 e. The summed E-state index contributed by atoms with van der Waals surface area (Å²) in [7, 11) is 0. The number of hydrogen-bond donors (Lipinski definition) is 0. The highest BCUT2D eigenvalue weighted by Crippen LogP contribution is 2.29. The van der Waals surface area contributed by atoms with Gasteiger partial charge in [0, 0.05) is 32.6 Å². The van der Waals surface area contributed by atoms with E-state index in [0.29, 0.717) is 17.7 Å². The van der Waals surface area contributed by atoms with Crippen LogP contribution in [0.15, 0.2) is 12.4 Å². The SMILES string of the molecule is CC(C)c1cc(N2CCC(CCN3CCCC3=O)CC2)c2nncn2n1. The van der Waals surface area contributed by atoms with E-state index in [-0.39, 0.29) is 0 Å². The minimum Gasteiger partial charge on any atom is -0.368 e. The highest BCUT2D eigenvalue weighted by molar-refractivity contribution is 5.78. The van der Waals surface area contributed by atoms with Crippen molar-refractivity contribution < 1.29 is 4.79 Å². The number of anilines is 1. The van der Waals surface area contributed by atoms with Crippen LogP contribution in [0.5, 0.6) is 0 Å². The summed E-state index contributed by atoms with van der Waals surface area (Å²) < 4.78 is 1.80. The van der Waals surface area contributed by atoms with E-state index < -0.39 is 0 Å². The van der Waals surface area contributed by atoms with Crippen LogP contribution in [-0.4, -0.2) is 56.8 Å². The molecule has 0 spiro atoms. The van der Waals surface area contributed by atoms with E-state index in [1.165, 1.54) is 12.8 Å². The van der Waals surface area contributed by atoms with Crippen LogP contribution in [0.3, 0.4) is 0 Å². The van der Waals surface area contributed by atoms with Gasteiger partial charge in [-0.2, -0.15) is 9.61 Å². The van der Waals surface area contributed by atoms with Crippen LogP contribution in [0.2, 0.25) is 0 Å². The Kier molecular flexibility index (Phi) is 4.78. The zero-order chi connectivity index (χ0) is 18.1. The molecule has 4 rings (SSSR count). The molecule has 140 valence electrons. The van der Waals surface area contributed by atoms with Gasteiger partial charge in [0.15, 0.2) is 0 Å². The summed E-state index contributed by atoms with van der Waals surface area (Å²) >= 11 is 0. The number of rotatable bonds is 5. The molecule has 2 fully saturated rings. The van der Waals surface area contributed by atoms with Crippen molar-refractivity contribution >= 4 is 17.2 Å². The molecular formula is C19H28N6O. The molecule has 2 aliphatic heterocycles. The Morgan fingerprint density at radius 1 is 1.23 bits per heavy atom. The Labute approximate surface area is 154 Å². The lowest BCUT2D eigenvalue weighted by molar-refractivity contribution is -0.127. The predicted octanol–water partition coefficient (Wildman–Crippen LogP) is 2.48. The van der Waals surface area contributed by atoms with Crippen LogP contribution in [-0.2, 0) is 4.79 Å². The first kappa shape index (κ1) is 17.2. The Hall–Kier alpha value is -2.18. The second-order valence-electron chi connectivity index (χ2n) is 7.91. The minimum atomic E-state index is 0.342. The largest absolute Gasteiger partial charge is 0.368 e. The van der Waals surface area contributed by atoms with Gasteiger partial charge in [0.2, 0.25) is 11.6 Å². The number of piperidine rings is 1. The topological polar surface area (TPSA) is 66.6 Å². The highest BCUT2D eigenvalue weighted by Gasteiger charge is 2.25. The lowest BCUT2D eigenvalue weighted by atomic mass is 9.93. The monoisotopic (exact) mass is 356 g/mol.